The number of halogens is 1. The van der Waals surface area contributed by atoms with Crippen molar-refractivity contribution < 1.29 is 13.9 Å². The molecule has 6 heteroatoms. The van der Waals surface area contributed by atoms with Gasteiger partial charge < -0.3 is 9.64 Å². The molecule has 0 aliphatic carbocycles. The molecule has 1 aromatic carbocycles. The van der Waals surface area contributed by atoms with Crippen molar-refractivity contribution in [2.75, 3.05) is 51.3 Å². The zero-order valence-electron chi connectivity index (χ0n) is 15.2. The largest absolute Gasteiger partial charge is 0.383 e. The lowest BCUT2D eigenvalue weighted by Gasteiger charge is -2.43. The van der Waals surface area contributed by atoms with Gasteiger partial charge in [-0.3, -0.25) is 14.6 Å². The molecule has 25 heavy (non-hydrogen) atoms. The third kappa shape index (κ3) is 4.02. The third-order valence-corrected chi connectivity index (χ3v) is 5.37. The standard InChI is InChI=1S/C19H28FN3O2/c1-15(14-25-2)21-10-12-22(13-11-21)18-8-5-9-23(19(18)24)17-7-4-3-6-16(17)20/h3-4,6-7,15,18H,5,8-14H2,1-2H3. The van der Waals surface area contributed by atoms with Crippen LogP contribution < -0.4 is 4.90 Å². The van der Waals surface area contributed by atoms with E-state index < -0.39 is 0 Å². The molecule has 1 aromatic rings. The Morgan fingerprint density at radius 1 is 1.20 bits per heavy atom. The fourth-order valence-corrected chi connectivity index (χ4v) is 3.94. The maximum absolute atomic E-state index is 14.1. The zero-order chi connectivity index (χ0) is 17.8. The van der Waals surface area contributed by atoms with Gasteiger partial charge >= 0.3 is 0 Å². The number of rotatable bonds is 5. The lowest BCUT2D eigenvalue weighted by Crippen LogP contribution is -2.59. The van der Waals surface area contributed by atoms with E-state index in [4.69, 9.17) is 4.74 Å². The Kier molecular flexibility index (Phi) is 6.04. The topological polar surface area (TPSA) is 36.0 Å². The number of methoxy groups -OCH3 is 1. The highest BCUT2D eigenvalue weighted by Gasteiger charge is 2.36. The number of para-hydroxylation sites is 1. The van der Waals surface area contributed by atoms with Gasteiger partial charge in [-0.25, -0.2) is 4.39 Å². The number of piperidine rings is 1. The second kappa shape index (κ2) is 8.25. The lowest BCUT2D eigenvalue weighted by molar-refractivity contribution is -0.126. The summed E-state index contributed by atoms with van der Waals surface area (Å²) in [6, 6.07) is 6.82. The van der Waals surface area contributed by atoms with E-state index in [1.165, 1.54) is 6.07 Å². The van der Waals surface area contributed by atoms with Crippen molar-refractivity contribution >= 4 is 11.6 Å². The Balaban J connectivity index is 1.64. The Morgan fingerprint density at radius 2 is 1.92 bits per heavy atom. The van der Waals surface area contributed by atoms with E-state index in [-0.39, 0.29) is 17.8 Å². The summed E-state index contributed by atoms with van der Waals surface area (Å²) in [4.78, 5) is 19.3. The molecule has 2 unspecified atom stereocenters. The van der Waals surface area contributed by atoms with Gasteiger partial charge in [-0.2, -0.15) is 0 Å². The maximum atomic E-state index is 14.1. The molecule has 0 N–H and O–H groups in total. The number of benzene rings is 1. The molecular formula is C19H28FN3O2. The van der Waals surface area contributed by atoms with Crippen LogP contribution in [-0.2, 0) is 9.53 Å². The number of piperazine rings is 1. The van der Waals surface area contributed by atoms with E-state index in [2.05, 4.69) is 16.7 Å². The van der Waals surface area contributed by atoms with Crippen molar-refractivity contribution in [1.29, 1.82) is 0 Å². The van der Waals surface area contributed by atoms with Gasteiger partial charge in [0.15, 0.2) is 0 Å². The van der Waals surface area contributed by atoms with Crippen molar-refractivity contribution in [2.24, 2.45) is 0 Å². The third-order valence-electron chi connectivity index (χ3n) is 5.37. The minimum atomic E-state index is -0.324. The molecule has 2 aliphatic rings. The number of hydrogen-bond donors (Lipinski definition) is 0. The predicted octanol–water partition coefficient (Wildman–Crippen LogP) is 1.97. The highest BCUT2D eigenvalue weighted by Crippen LogP contribution is 2.26. The SMILES string of the molecule is COCC(C)N1CCN(C2CCCN(c3ccccc3F)C2=O)CC1. The minimum Gasteiger partial charge on any atom is -0.383 e. The summed E-state index contributed by atoms with van der Waals surface area (Å²) >= 11 is 0. The van der Waals surface area contributed by atoms with Crippen LogP contribution in [0.5, 0.6) is 0 Å². The van der Waals surface area contributed by atoms with E-state index in [1.54, 1.807) is 30.2 Å². The maximum Gasteiger partial charge on any atom is 0.244 e. The van der Waals surface area contributed by atoms with Crippen LogP contribution in [0.3, 0.4) is 0 Å². The number of carbonyl (C=O) groups is 1. The number of ether oxygens (including phenoxy) is 1. The molecule has 2 heterocycles. The van der Waals surface area contributed by atoms with Crippen LogP contribution in [0.25, 0.3) is 0 Å². The van der Waals surface area contributed by atoms with Gasteiger partial charge in [0.25, 0.3) is 0 Å². The van der Waals surface area contributed by atoms with Gasteiger partial charge in [0.2, 0.25) is 5.91 Å². The van der Waals surface area contributed by atoms with Crippen LogP contribution >= 0.6 is 0 Å². The number of anilines is 1. The van der Waals surface area contributed by atoms with Crippen LogP contribution in [0.1, 0.15) is 19.8 Å². The lowest BCUT2D eigenvalue weighted by atomic mass is 10.0. The molecule has 1 amide bonds. The number of amides is 1. The normalized spacial score (nSPS) is 24.5. The first-order valence-corrected chi connectivity index (χ1v) is 9.14. The summed E-state index contributed by atoms with van der Waals surface area (Å²) in [6.45, 7) is 7.11. The summed E-state index contributed by atoms with van der Waals surface area (Å²) in [5.41, 5.74) is 0.407. The molecule has 138 valence electrons. The summed E-state index contributed by atoms with van der Waals surface area (Å²) < 4.78 is 19.3. The predicted molar refractivity (Wildman–Crippen MR) is 96.3 cm³/mol. The Morgan fingerprint density at radius 3 is 2.60 bits per heavy atom. The highest BCUT2D eigenvalue weighted by molar-refractivity contribution is 5.98. The smallest absolute Gasteiger partial charge is 0.244 e. The Labute approximate surface area is 149 Å². The van der Waals surface area contributed by atoms with Crippen LogP contribution in [-0.4, -0.2) is 74.2 Å². The van der Waals surface area contributed by atoms with Crippen LogP contribution in [0.15, 0.2) is 24.3 Å². The van der Waals surface area contributed by atoms with E-state index in [0.717, 1.165) is 45.6 Å². The zero-order valence-corrected chi connectivity index (χ0v) is 15.2. The second-order valence-corrected chi connectivity index (χ2v) is 6.98. The molecule has 0 saturated carbocycles. The molecular weight excluding hydrogens is 321 g/mol. The summed E-state index contributed by atoms with van der Waals surface area (Å²) in [6.07, 6.45) is 1.77. The van der Waals surface area contributed by atoms with Crippen molar-refractivity contribution in [3.8, 4) is 0 Å². The molecule has 5 nitrogen and oxygen atoms in total. The molecule has 3 rings (SSSR count). The van der Waals surface area contributed by atoms with Crippen molar-refractivity contribution in [3.05, 3.63) is 30.1 Å². The molecule has 2 saturated heterocycles. The van der Waals surface area contributed by atoms with Crippen molar-refractivity contribution in [1.82, 2.24) is 9.80 Å². The molecule has 0 radical (unpaired) electrons. The first-order chi connectivity index (χ1) is 12.1. The van der Waals surface area contributed by atoms with Gasteiger partial charge in [0, 0.05) is 45.9 Å². The Bertz CT molecular complexity index is 590. The van der Waals surface area contributed by atoms with Gasteiger partial charge in [-0.05, 0) is 31.9 Å². The van der Waals surface area contributed by atoms with Gasteiger partial charge in [0.05, 0.1) is 18.3 Å². The van der Waals surface area contributed by atoms with Gasteiger partial charge in [-0.15, -0.1) is 0 Å². The molecule has 2 fully saturated rings. The molecule has 0 aromatic heterocycles. The highest BCUT2D eigenvalue weighted by atomic mass is 19.1. The van der Waals surface area contributed by atoms with E-state index in [1.807, 2.05) is 0 Å². The fourth-order valence-electron chi connectivity index (χ4n) is 3.94. The van der Waals surface area contributed by atoms with E-state index >= 15 is 0 Å². The molecule has 0 bridgehead atoms. The summed E-state index contributed by atoms with van der Waals surface area (Å²) in [5.74, 6) is -0.288. The average molecular weight is 349 g/mol. The number of carbonyl (C=O) groups excluding carboxylic acids is 1. The average Bonchev–Trinajstić information content (AvgIpc) is 2.63. The number of hydrogen-bond acceptors (Lipinski definition) is 4. The number of nitrogens with zero attached hydrogens (tertiary/aromatic N) is 3. The molecule has 0 spiro atoms. The van der Waals surface area contributed by atoms with E-state index in [9.17, 15) is 9.18 Å². The van der Waals surface area contributed by atoms with Crippen LogP contribution in [0.4, 0.5) is 10.1 Å². The fraction of sp³-hybridized carbons (Fsp3) is 0.632. The van der Waals surface area contributed by atoms with E-state index in [0.29, 0.717) is 18.3 Å². The molecule has 2 aliphatic heterocycles. The van der Waals surface area contributed by atoms with Crippen LogP contribution in [0.2, 0.25) is 0 Å². The Hall–Kier alpha value is -1.50. The summed E-state index contributed by atoms with van der Waals surface area (Å²) in [7, 11) is 1.73. The van der Waals surface area contributed by atoms with Gasteiger partial charge in [0.1, 0.15) is 5.82 Å². The first kappa shape index (κ1) is 18.3. The second-order valence-electron chi connectivity index (χ2n) is 6.98. The van der Waals surface area contributed by atoms with Gasteiger partial charge in [-0.1, -0.05) is 12.1 Å². The van der Waals surface area contributed by atoms with Crippen molar-refractivity contribution in [3.63, 3.8) is 0 Å². The molecule has 2 atom stereocenters. The monoisotopic (exact) mass is 349 g/mol. The first-order valence-electron chi connectivity index (χ1n) is 9.14. The summed E-state index contributed by atoms with van der Waals surface area (Å²) in [5, 5.41) is 0. The van der Waals surface area contributed by atoms with Crippen molar-refractivity contribution in [2.45, 2.75) is 31.8 Å². The van der Waals surface area contributed by atoms with Crippen LogP contribution in [0, 0.1) is 5.82 Å². The minimum absolute atomic E-state index is 0.0368. The quantitative estimate of drug-likeness (QED) is 0.814.